The van der Waals surface area contributed by atoms with Crippen LogP contribution < -0.4 is 4.74 Å². The first-order valence-corrected chi connectivity index (χ1v) is 9.90. The summed E-state index contributed by atoms with van der Waals surface area (Å²) >= 11 is 5.54. The standard InChI is InChI=1S/C12H15ClO3.C10H12O3/c1-2-15-12(14)9-10-5-3-4-6-11(10)16-8-7-13;1-2-13-10(12)7-8-5-3-4-6-9(8)11/h3-6H,2,7-9H2,1H3;3-6,11H,2,7H2,1H3. The fourth-order valence-corrected chi connectivity index (χ4v) is 2.41. The molecule has 0 saturated carbocycles. The molecule has 0 fully saturated rings. The zero-order valence-corrected chi connectivity index (χ0v) is 17.5. The van der Waals surface area contributed by atoms with Crippen LogP contribution in [0.4, 0.5) is 0 Å². The Morgan fingerprint density at radius 2 is 1.38 bits per heavy atom. The van der Waals surface area contributed by atoms with Crippen LogP contribution in [0.2, 0.25) is 0 Å². The molecule has 0 aliphatic heterocycles. The van der Waals surface area contributed by atoms with Gasteiger partial charge in [0.05, 0.1) is 31.9 Å². The predicted octanol–water partition coefficient (Wildman–Crippen LogP) is 3.91. The Labute approximate surface area is 176 Å². The molecular formula is C22H27ClO6. The van der Waals surface area contributed by atoms with E-state index in [1.165, 1.54) is 0 Å². The Balaban J connectivity index is 0.000000296. The number of aromatic hydroxyl groups is 1. The molecule has 0 heterocycles. The van der Waals surface area contributed by atoms with Gasteiger partial charge in [0.2, 0.25) is 0 Å². The highest BCUT2D eigenvalue weighted by Gasteiger charge is 2.09. The van der Waals surface area contributed by atoms with Gasteiger partial charge in [-0.15, -0.1) is 11.6 Å². The third-order valence-corrected chi connectivity index (χ3v) is 3.73. The number of phenols is 1. The lowest BCUT2D eigenvalue weighted by Gasteiger charge is -2.09. The second kappa shape index (κ2) is 14.3. The first-order chi connectivity index (χ1) is 14.0. The van der Waals surface area contributed by atoms with Gasteiger partial charge >= 0.3 is 11.9 Å². The summed E-state index contributed by atoms with van der Waals surface area (Å²) in [4.78, 5) is 22.4. The van der Waals surface area contributed by atoms with Gasteiger partial charge in [0.25, 0.3) is 0 Å². The average Bonchev–Trinajstić information content (AvgIpc) is 2.70. The number of ether oxygens (including phenoxy) is 3. The Morgan fingerprint density at radius 1 is 0.862 bits per heavy atom. The predicted molar refractivity (Wildman–Crippen MR) is 111 cm³/mol. The minimum absolute atomic E-state index is 0.126. The number of carbonyl (C=O) groups is 2. The summed E-state index contributed by atoms with van der Waals surface area (Å²) in [6.07, 6.45) is 0.354. The summed E-state index contributed by atoms with van der Waals surface area (Å²) < 4.78 is 15.1. The first-order valence-electron chi connectivity index (χ1n) is 9.36. The van der Waals surface area contributed by atoms with Crippen LogP contribution in [0.1, 0.15) is 25.0 Å². The number of alkyl halides is 1. The number of hydrogen-bond acceptors (Lipinski definition) is 6. The van der Waals surface area contributed by atoms with E-state index in [0.29, 0.717) is 37.0 Å². The number of benzene rings is 2. The van der Waals surface area contributed by atoms with Gasteiger partial charge in [-0.05, 0) is 26.0 Å². The zero-order chi connectivity index (χ0) is 21.5. The Hall–Kier alpha value is -2.73. The topological polar surface area (TPSA) is 82.1 Å². The number of hydrogen-bond donors (Lipinski definition) is 1. The van der Waals surface area contributed by atoms with Crippen LogP contribution in [-0.4, -0.2) is 42.7 Å². The summed E-state index contributed by atoms with van der Waals surface area (Å²) in [5, 5.41) is 9.32. The van der Waals surface area contributed by atoms with Crippen LogP contribution in [0.3, 0.4) is 0 Å². The molecule has 0 bridgehead atoms. The molecular weight excluding hydrogens is 396 g/mol. The van der Waals surface area contributed by atoms with Crippen molar-refractivity contribution < 1.29 is 28.9 Å². The number of carbonyl (C=O) groups excluding carboxylic acids is 2. The highest BCUT2D eigenvalue weighted by molar-refractivity contribution is 6.18. The second-order valence-electron chi connectivity index (χ2n) is 5.74. The molecule has 2 aromatic rings. The van der Waals surface area contributed by atoms with E-state index in [9.17, 15) is 14.7 Å². The molecule has 0 unspecified atom stereocenters. The van der Waals surface area contributed by atoms with E-state index in [1.54, 1.807) is 38.1 Å². The van der Waals surface area contributed by atoms with E-state index >= 15 is 0 Å². The van der Waals surface area contributed by atoms with Gasteiger partial charge in [0.1, 0.15) is 18.1 Å². The van der Waals surface area contributed by atoms with Crippen LogP contribution in [0.5, 0.6) is 11.5 Å². The van der Waals surface area contributed by atoms with Crippen LogP contribution in [0, 0.1) is 0 Å². The molecule has 0 amide bonds. The Bertz CT molecular complexity index is 762. The van der Waals surface area contributed by atoms with Gasteiger partial charge < -0.3 is 19.3 Å². The lowest BCUT2D eigenvalue weighted by Crippen LogP contribution is -2.09. The largest absolute Gasteiger partial charge is 0.508 e. The Kier molecular flexibility index (Phi) is 12.0. The normalized spacial score (nSPS) is 9.76. The molecule has 0 saturated heterocycles. The van der Waals surface area contributed by atoms with Gasteiger partial charge in [-0.3, -0.25) is 9.59 Å². The van der Waals surface area contributed by atoms with Crippen molar-refractivity contribution in [2.45, 2.75) is 26.7 Å². The van der Waals surface area contributed by atoms with Gasteiger partial charge in [0.15, 0.2) is 0 Å². The number of esters is 2. The minimum Gasteiger partial charge on any atom is -0.508 e. The molecule has 0 radical (unpaired) electrons. The van der Waals surface area contributed by atoms with E-state index in [-0.39, 0.29) is 30.5 Å². The fraction of sp³-hybridized carbons (Fsp3) is 0.364. The molecule has 29 heavy (non-hydrogen) atoms. The van der Waals surface area contributed by atoms with Crippen molar-refractivity contribution in [2.75, 3.05) is 25.7 Å². The van der Waals surface area contributed by atoms with Crippen molar-refractivity contribution in [3.8, 4) is 11.5 Å². The number of phenolic OH excluding ortho intramolecular Hbond substituents is 1. The molecule has 6 nitrogen and oxygen atoms in total. The molecule has 1 N–H and O–H groups in total. The smallest absolute Gasteiger partial charge is 0.310 e. The molecule has 0 spiro atoms. The molecule has 0 aromatic heterocycles. The van der Waals surface area contributed by atoms with Crippen molar-refractivity contribution in [3.63, 3.8) is 0 Å². The molecule has 158 valence electrons. The van der Waals surface area contributed by atoms with Crippen LogP contribution >= 0.6 is 11.6 Å². The third-order valence-electron chi connectivity index (χ3n) is 3.58. The van der Waals surface area contributed by atoms with Crippen molar-refractivity contribution in [1.29, 1.82) is 0 Å². The molecule has 0 aliphatic carbocycles. The highest BCUT2D eigenvalue weighted by atomic mass is 35.5. The number of halogens is 1. The van der Waals surface area contributed by atoms with E-state index in [0.717, 1.165) is 5.56 Å². The maximum absolute atomic E-state index is 11.3. The SMILES string of the molecule is CCOC(=O)Cc1ccccc1O.CCOC(=O)Cc1ccccc1OCCCl. The number of para-hydroxylation sites is 2. The van der Waals surface area contributed by atoms with Gasteiger partial charge in [-0.25, -0.2) is 0 Å². The zero-order valence-electron chi connectivity index (χ0n) is 16.7. The van der Waals surface area contributed by atoms with Crippen LogP contribution in [0.15, 0.2) is 48.5 Å². The van der Waals surface area contributed by atoms with Gasteiger partial charge in [0, 0.05) is 11.1 Å². The van der Waals surface area contributed by atoms with Gasteiger partial charge in [-0.1, -0.05) is 36.4 Å². The summed E-state index contributed by atoms with van der Waals surface area (Å²) in [6, 6.07) is 14.1. The minimum atomic E-state index is -0.316. The molecule has 7 heteroatoms. The molecule has 2 rings (SSSR count). The van der Waals surface area contributed by atoms with Crippen molar-refractivity contribution in [1.82, 2.24) is 0 Å². The summed E-state index contributed by atoms with van der Waals surface area (Å²) in [5.74, 6) is 0.688. The maximum Gasteiger partial charge on any atom is 0.310 e. The lowest BCUT2D eigenvalue weighted by molar-refractivity contribution is -0.143. The maximum atomic E-state index is 11.3. The van der Waals surface area contributed by atoms with Gasteiger partial charge in [-0.2, -0.15) is 0 Å². The van der Waals surface area contributed by atoms with E-state index in [4.69, 9.17) is 25.8 Å². The Morgan fingerprint density at radius 3 is 1.93 bits per heavy atom. The van der Waals surface area contributed by atoms with E-state index < -0.39 is 0 Å². The lowest BCUT2D eigenvalue weighted by atomic mass is 10.1. The molecule has 0 atom stereocenters. The summed E-state index contributed by atoms with van der Waals surface area (Å²) in [6.45, 7) is 4.73. The quantitative estimate of drug-likeness (QED) is 0.487. The number of rotatable bonds is 9. The first kappa shape index (κ1) is 24.3. The van der Waals surface area contributed by atoms with E-state index in [2.05, 4.69) is 0 Å². The highest BCUT2D eigenvalue weighted by Crippen LogP contribution is 2.19. The summed E-state index contributed by atoms with van der Waals surface area (Å²) in [7, 11) is 0. The van der Waals surface area contributed by atoms with Crippen LogP contribution in [0.25, 0.3) is 0 Å². The van der Waals surface area contributed by atoms with Crippen LogP contribution in [-0.2, 0) is 31.9 Å². The van der Waals surface area contributed by atoms with Crippen molar-refractivity contribution in [2.24, 2.45) is 0 Å². The summed E-state index contributed by atoms with van der Waals surface area (Å²) in [5.41, 5.74) is 1.42. The monoisotopic (exact) mass is 422 g/mol. The average molecular weight is 423 g/mol. The molecule has 2 aromatic carbocycles. The molecule has 0 aliphatic rings. The fourth-order valence-electron chi connectivity index (χ4n) is 2.33. The third kappa shape index (κ3) is 9.85. The van der Waals surface area contributed by atoms with Crippen molar-refractivity contribution >= 4 is 23.5 Å². The van der Waals surface area contributed by atoms with E-state index in [1.807, 2.05) is 24.3 Å². The second-order valence-corrected chi connectivity index (χ2v) is 6.12. The van der Waals surface area contributed by atoms with Crippen molar-refractivity contribution in [3.05, 3.63) is 59.7 Å².